The fourth-order valence-electron chi connectivity index (χ4n) is 1.79. The largest absolute Gasteiger partial charge is 0.463 e. The fraction of sp³-hybridized carbons (Fsp3) is 0.533. The summed E-state index contributed by atoms with van der Waals surface area (Å²) in [7, 11) is 1.25. The zero-order valence-electron chi connectivity index (χ0n) is 14.2. The number of furan rings is 1. The van der Waals surface area contributed by atoms with E-state index in [1.807, 2.05) is 13.8 Å². The smallest absolute Gasteiger partial charge is 0.413 e. The highest BCUT2D eigenvalue weighted by Gasteiger charge is 2.24. The topological polar surface area (TPSA) is 90.2 Å². The summed E-state index contributed by atoms with van der Waals surface area (Å²) in [6, 6.07) is 1.56. The first-order valence-corrected chi connectivity index (χ1v) is 7.84. The minimum atomic E-state index is -0.680. The Morgan fingerprint density at radius 1 is 1.42 bits per heavy atom. The molecule has 8 nitrogen and oxygen atoms in total. The predicted molar refractivity (Wildman–Crippen MR) is 91.2 cm³/mol. The van der Waals surface area contributed by atoms with Gasteiger partial charge in [-0.25, -0.2) is 9.59 Å². The molecule has 0 aromatic carbocycles. The molecule has 0 unspecified atom stereocenters. The average molecular weight is 358 g/mol. The normalized spacial score (nSPS) is 10.4. The molecule has 1 N–H and O–H groups in total. The van der Waals surface area contributed by atoms with E-state index in [0.717, 1.165) is 0 Å². The second-order valence-electron chi connectivity index (χ2n) is 4.85. The van der Waals surface area contributed by atoms with Crippen molar-refractivity contribution in [2.45, 2.75) is 26.9 Å². The van der Waals surface area contributed by atoms with E-state index >= 15 is 0 Å². The number of carbonyl (C=O) groups excluding carboxylic acids is 2. The highest BCUT2D eigenvalue weighted by Crippen LogP contribution is 2.23. The number of methoxy groups -OCH3 is 1. The molecule has 0 aliphatic carbocycles. The third kappa shape index (κ3) is 5.82. The molecule has 1 aromatic rings. The number of thiocarbonyl (C=S) groups is 1. The summed E-state index contributed by atoms with van der Waals surface area (Å²) < 4.78 is 20.2. The van der Waals surface area contributed by atoms with Gasteiger partial charge in [0.05, 0.1) is 38.4 Å². The number of anilines is 1. The van der Waals surface area contributed by atoms with Crippen molar-refractivity contribution in [2.75, 3.05) is 31.8 Å². The third-order valence-electron chi connectivity index (χ3n) is 2.80. The highest BCUT2D eigenvalue weighted by atomic mass is 32.1. The standard InChI is InChI=1S/C15H22N2O6S/c1-5-21-15(19)16-14(24)17(7-9-22-10(2)3)11-6-8-23-12(11)13(18)20-4/h6,8,10H,5,7,9H2,1-4H3,(H,16,19,24). The molecule has 1 amide bonds. The Morgan fingerprint density at radius 2 is 2.12 bits per heavy atom. The summed E-state index contributed by atoms with van der Waals surface area (Å²) in [5.41, 5.74) is 0.371. The lowest BCUT2D eigenvalue weighted by Crippen LogP contribution is -2.45. The number of nitrogens with zero attached hydrogens (tertiary/aromatic N) is 1. The molecule has 24 heavy (non-hydrogen) atoms. The second-order valence-corrected chi connectivity index (χ2v) is 5.24. The van der Waals surface area contributed by atoms with E-state index < -0.39 is 12.1 Å². The van der Waals surface area contributed by atoms with Crippen molar-refractivity contribution in [3.05, 3.63) is 18.1 Å². The van der Waals surface area contributed by atoms with Crippen LogP contribution in [0.3, 0.4) is 0 Å². The summed E-state index contributed by atoms with van der Waals surface area (Å²) in [6.45, 7) is 6.32. The first-order chi connectivity index (χ1) is 11.4. The maximum Gasteiger partial charge on any atom is 0.413 e. The summed E-state index contributed by atoms with van der Waals surface area (Å²) in [5, 5.41) is 2.50. The number of nitrogens with one attached hydrogen (secondary N) is 1. The molecule has 0 saturated carbocycles. The van der Waals surface area contributed by atoms with Crippen LogP contribution in [0.1, 0.15) is 31.3 Å². The monoisotopic (exact) mass is 358 g/mol. The van der Waals surface area contributed by atoms with Crippen LogP contribution in [0, 0.1) is 0 Å². The number of amides is 1. The number of carbonyl (C=O) groups is 2. The maximum atomic E-state index is 11.8. The molecule has 0 aliphatic rings. The van der Waals surface area contributed by atoms with Crippen molar-refractivity contribution in [1.82, 2.24) is 5.32 Å². The van der Waals surface area contributed by atoms with Crippen LogP contribution in [-0.4, -0.2) is 50.1 Å². The minimum Gasteiger partial charge on any atom is -0.463 e. The minimum absolute atomic E-state index is 0.0185. The Balaban J connectivity index is 2.96. The van der Waals surface area contributed by atoms with Gasteiger partial charge < -0.3 is 23.5 Å². The number of rotatable bonds is 7. The highest BCUT2D eigenvalue weighted by molar-refractivity contribution is 7.80. The van der Waals surface area contributed by atoms with Gasteiger partial charge in [0.25, 0.3) is 0 Å². The summed E-state index contributed by atoms with van der Waals surface area (Å²) >= 11 is 5.24. The van der Waals surface area contributed by atoms with Crippen LogP contribution in [-0.2, 0) is 14.2 Å². The van der Waals surface area contributed by atoms with Gasteiger partial charge >= 0.3 is 12.1 Å². The number of alkyl carbamates (subject to hydrolysis) is 1. The summed E-state index contributed by atoms with van der Waals surface area (Å²) in [6.07, 6.45) is 0.688. The molecule has 0 saturated heterocycles. The van der Waals surface area contributed by atoms with Crippen LogP contribution in [0.15, 0.2) is 16.7 Å². The van der Waals surface area contributed by atoms with E-state index in [1.54, 1.807) is 13.0 Å². The molecule has 1 rings (SSSR count). The lowest BCUT2D eigenvalue weighted by Gasteiger charge is -2.24. The Hall–Kier alpha value is -2.13. The van der Waals surface area contributed by atoms with Crippen LogP contribution in [0.25, 0.3) is 0 Å². The van der Waals surface area contributed by atoms with E-state index in [9.17, 15) is 9.59 Å². The molecule has 0 bridgehead atoms. The molecule has 0 fully saturated rings. The fourth-order valence-corrected chi connectivity index (χ4v) is 2.07. The molecule has 0 spiro atoms. The first-order valence-electron chi connectivity index (χ1n) is 7.43. The molecule has 0 radical (unpaired) electrons. The molecular formula is C15H22N2O6S. The molecule has 1 heterocycles. The molecule has 1 aromatic heterocycles. The van der Waals surface area contributed by atoms with Gasteiger partial charge in [-0.2, -0.15) is 0 Å². The second kappa shape index (κ2) is 9.89. The van der Waals surface area contributed by atoms with E-state index in [1.165, 1.54) is 18.3 Å². The summed E-state index contributed by atoms with van der Waals surface area (Å²) in [4.78, 5) is 24.9. The SMILES string of the molecule is CCOC(=O)NC(=S)N(CCOC(C)C)c1ccoc1C(=O)OC. The number of hydrogen-bond acceptors (Lipinski definition) is 7. The van der Waals surface area contributed by atoms with Gasteiger partial charge in [0.1, 0.15) is 0 Å². The van der Waals surface area contributed by atoms with Crippen molar-refractivity contribution >= 4 is 35.1 Å². The van der Waals surface area contributed by atoms with E-state index in [0.29, 0.717) is 18.8 Å². The Labute approximate surface area is 146 Å². The van der Waals surface area contributed by atoms with Gasteiger partial charge in [0.15, 0.2) is 5.11 Å². The zero-order chi connectivity index (χ0) is 18.1. The summed E-state index contributed by atoms with van der Waals surface area (Å²) in [5.74, 6) is -0.668. The van der Waals surface area contributed by atoms with Gasteiger partial charge in [0.2, 0.25) is 5.76 Å². The maximum absolute atomic E-state index is 11.8. The zero-order valence-corrected chi connectivity index (χ0v) is 15.0. The first kappa shape index (κ1) is 19.9. The predicted octanol–water partition coefficient (Wildman–Crippen LogP) is 2.33. The molecular weight excluding hydrogens is 336 g/mol. The lowest BCUT2D eigenvalue weighted by atomic mass is 10.3. The Morgan fingerprint density at radius 3 is 2.71 bits per heavy atom. The van der Waals surface area contributed by atoms with Crippen LogP contribution in [0.5, 0.6) is 0 Å². The molecule has 9 heteroatoms. The van der Waals surface area contributed by atoms with Crippen molar-refractivity contribution in [3.63, 3.8) is 0 Å². The lowest BCUT2D eigenvalue weighted by molar-refractivity contribution is 0.0565. The Kier molecular flexibility index (Phi) is 8.20. The number of ether oxygens (including phenoxy) is 3. The average Bonchev–Trinajstić information content (AvgIpc) is 2.99. The molecule has 134 valence electrons. The van der Waals surface area contributed by atoms with Crippen molar-refractivity contribution < 1.29 is 28.2 Å². The van der Waals surface area contributed by atoms with Crippen molar-refractivity contribution in [3.8, 4) is 0 Å². The molecule has 0 atom stereocenters. The van der Waals surface area contributed by atoms with Crippen LogP contribution in [0.2, 0.25) is 0 Å². The van der Waals surface area contributed by atoms with E-state index in [2.05, 4.69) is 10.1 Å². The van der Waals surface area contributed by atoms with E-state index in [4.69, 9.17) is 26.1 Å². The van der Waals surface area contributed by atoms with Crippen molar-refractivity contribution in [1.29, 1.82) is 0 Å². The Bertz CT molecular complexity index is 572. The third-order valence-corrected chi connectivity index (χ3v) is 3.12. The van der Waals surface area contributed by atoms with Gasteiger partial charge in [-0.1, -0.05) is 0 Å². The quantitative estimate of drug-likeness (QED) is 0.587. The van der Waals surface area contributed by atoms with Crippen molar-refractivity contribution in [2.24, 2.45) is 0 Å². The van der Waals surface area contributed by atoms with Crippen LogP contribution >= 0.6 is 12.2 Å². The van der Waals surface area contributed by atoms with Gasteiger partial charge in [-0.05, 0) is 33.0 Å². The number of esters is 1. The van der Waals surface area contributed by atoms with Gasteiger partial charge in [0, 0.05) is 12.6 Å². The number of hydrogen-bond donors (Lipinski definition) is 1. The molecule has 0 aliphatic heterocycles. The van der Waals surface area contributed by atoms with Crippen LogP contribution in [0.4, 0.5) is 10.5 Å². The van der Waals surface area contributed by atoms with Gasteiger partial charge in [-0.3, -0.25) is 5.32 Å². The van der Waals surface area contributed by atoms with E-state index in [-0.39, 0.29) is 23.6 Å². The van der Waals surface area contributed by atoms with Gasteiger partial charge in [-0.15, -0.1) is 0 Å². The van der Waals surface area contributed by atoms with Crippen LogP contribution < -0.4 is 10.2 Å².